The number of pyridine rings is 1. The number of rotatable bonds is 4. The summed E-state index contributed by atoms with van der Waals surface area (Å²) in [6.07, 6.45) is 3.41. The Morgan fingerprint density at radius 3 is 2.72 bits per heavy atom. The lowest BCUT2D eigenvalue weighted by Crippen LogP contribution is -2.29. The third kappa shape index (κ3) is 3.22. The van der Waals surface area contributed by atoms with Crippen LogP contribution in [0.4, 0.5) is 0 Å². The van der Waals surface area contributed by atoms with E-state index in [1.807, 2.05) is 12.1 Å². The first kappa shape index (κ1) is 17.0. The van der Waals surface area contributed by atoms with Gasteiger partial charge < -0.3 is 5.32 Å². The van der Waals surface area contributed by atoms with Gasteiger partial charge in [-0.3, -0.25) is 14.3 Å². The van der Waals surface area contributed by atoms with Crippen LogP contribution < -0.4 is 11.0 Å². The van der Waals surface area contributed by atoms with Crippen LogP contribution >= 0.6 is 11.3 Å². The quantitative estimate of drug-likeness (QED) is 0.761. The van der Waals surface area contributed by atoms with Crippen molar-refractivity contribution in [2.75, 3.05) is 0 Å². The van der Waals surface area contributed by atoms with E-state index in [-0.39, 0.29) is 11.6 Å². The lowest BCUT2D eigenvalue weighted by molar-refractivity contribution is 0.0941. The maximum Gasteiger partial charge on any atom is 0.345 e. The lowest BCUT2D eigenvalue weighted by Gasteiger charge is -2.12. The molecule has 0 spiro atoms. The monoisotopic (exact) mass is 358 g/mol. The molecule has 0 aliphatic carbocycles. The number of aromatic nitrogens is 5. The minimum absolute atomic E-state index is 0.232. The normalized spacial score (nSPS) is 12.2. The van der Waals surface area contributed by atoms with E-state index in [1.165, 1.54) is 20.6 Å². The molecule has 1 atom stereocenters. The van der Waals surface area contributed by atoms with Crippen LogP contribution in [-0.4, -0.2) is 30.2 Å². The Labute approximate surface area is 148 Å². The fourth-order valence-corrected chi connectivity index (χ4v) is 3.46. The number of thiazole rings is 1. The lowest BCUT2D eigenvalue weighted by atomic mass is 10.3. The summed E-state index contributed by atoms with van der Waals surface area (Å²) in [5, 5.41) is 7.79. The molecule has 0 fully saturated rings. The van der Waals surface area contributed by atoms with Crippen LogP contribution in [0, 0.1) is 6.92 Å². The number of nitrogens with one attached hydrogen (secondary N) is 1. The van der Waals surface area contributed by atoms with E-state index in [0.29, 0.717) is 16.4 Å². The highest BCUT2D eigenvalue weighted by Crippen LogP contribution is 2.27. The van der Waals surface area contributed by atoms with Crippen molar-refractivity contribution in [3.8, 4) is 10.6 Å². The van der Waals surface area contributed by atoms with Gasteiger partial charge in [-0.2, -0.15) is 5.10 Å². The van der Waals surface area contributed by atoms with Crippen LogP contribution in [0.5, 0.6) is 0 Å². The van der Waals surface area contributed by atoms with Crippen LogP contribution in [-0.2, 0) is 14.1 Å². The maximum absolute atomic E-state index is 12.6. The molecule has 1 amide bonds. The largest absolute Gasteiger partial charge is 0.345 e. The van der Waals surface area contributed by atoms with Crippen molar-refractivity contribution in [3.63, 3.8) is 0 Å². The molecule has 0 saturated carbocycles. The Bertz CT molecular complexity index is 972. The molecular formula is C16H18N6O2S. The van der Waals surface area contributed by atoms with Crippen molar-refractivity contribution in [2.45, 2.75) is 19.9 Å². The Kier molecular flexibility index (Phi) is 4.49. The van der Waals surface area contributed by atoms with Crippen molar-refractivity contribution in [3.05, 3.63) is 51.4 Å². The second-order valence-electron chi connectivity index (χ2n) is 5.69. The minimum atomic E-state index is -0.408. The van der Waals surface area contributed by atoms with E-state index >= 15 is 0 Å². The number of hydrogen-bond donors (Lipinski definition) is 1. The zero-order valence-electron chi connectivity index (χ0n) is 14.3. The van der Waals surface area contributed by atoms with Crippen LogP contribution in [0.3, 0.4) is 0 Å². The Morgan fingerprint density at radius 1 is 1.36 bits per heavy atom. The summed E-state index contributed by atoms with van der Waals surface area (Å²) in [5.74, 6) is 0.256. The molecule has 3 rings (SSSR count). The molecular weight excluding hydrogens is 340 g/mol. The summed E-state index contributed by atoms with van der Waals surface area (Å²) in [4.78, 5) is 33.5. The predicted molar refractivity (Wildman–Crippen MR) is 94.4 cm³/mol. The molecule has 3 aromatic rings. The summed E-state index contributed by atoms with van der Waals surface area (Å²) in [6.45, 7) is 3.59. The number of carbonyl (C=O) groups is 1. The van der Waals surface area contributed by atoms with Crippen molar-refractivity contribution < 1.29 is 4.79 Å². The fourth-order valence-electron chi connectivity index (χ4n) is 2.50. The topological polar surface area (TPSA) is 94.7 Å². The van der Waals surface area contributed by atoms with Crippen LogP contribution in [0.1, 0.15) is 34.2 Å². The Morgan fingerprint density at radius 2 is 2.12 bits per heavy atom. The van der Waals surface area contributed by atoms with Crippen LogP contribution in [0.15, 0.2) is 29.3 Å². The van der Waals surface area contributed by atoms with Gasteiger partial charge in [0.15, 0.2) is 5.82 Å². The van der Waals surface area contributed by atoms with Gasteiger partial charge in [-0.1, -0.05) is 0 Å². The second kappa shape index (κ2) is 6.60. The molecule has 0 saturated heterocycles. The molecule has 25 heavy (non-hydrogen) atoms. The van der Waals surface area contributed by atoms with E-state index in [0.717, 1.165) is 10.6 Å². The Hall–Kier alpha value is -2.81. The van der Waals surface area contributed by atoms with Gasteiger partial charge in [0.25, 0.3) is 5.91 Å². The number of carbonyl (C=O) groups excluding carboxylic acids is 1. The highest BCUT2D eigenvalue weighted by molar-refractivity contribution is 7.17. The molecule has 0 aliphatic heterocycles. The SMILES string of the molecule is Cc1nc(-c2cccnc2)sc1C(=O)NC(C)c1nn(C)c(=O)n1C. The van der Waals surface area contributed by atoms with Gasteiger partial charge in [-0.05, 0) is 26.0 Å². The first-order valence-corrected chi connectivity index (χ1v) is 8.48. The standard InChI is InChI=1S/C16H18N6O2S/c1-9-12(25-15(19-9)11-6-5-7-17-8-11)14(23)18-10(2)13-20-22(4)16(24)21(13)3/h5-8,10H,1-4H3,(H,18,23). The molecule has 130 valence electrons. The van der Waals surface area contributed by atoms with Crippen LogP contribution in [0.2, 0.25) is 0 Å². The molecule has 0 radical (unpaired) electrons. The zero-order valence-corrected chi connectivity index (χ0v) is 15.2. The summed E-state index contributed by atoms with van der Waals surface area (Å²) in [5.41, 5.74) is 1.29. The maximum atomic E-state index is 12.6. The van der Waals surface area contributed by atoms with Gasteiger partial charge in [0.1, 0.15) is 9.88 Å². The molecule has 8 nitrogen and oxygen atoms in total. The van der Waals surface area contributed by atoms with Crippen molar-refractivity contribution in [2.24, 2.45) is 14.1 Å². The Balaban J connectivity index is 1.83. The predicted octanol–water partition coefficient (Wildman–Crippen LogP) is 1.44. The fraction of sp³-hybridized carbons (Fsp3) is 0.312. The third-order valence-corrected chi connectivity index (χ3v) is 5.01. The molecule has 0 aliphatic rings. The summed E-state index contributed by atoms with van der Waals surface area (Å²) >= 11 is 1.31. The number of aryl methyl sites for hydroxylation is 2. The van der Waals surface area contributed by atoms with E-state index in [2.05, 4.69) is 20.4 Å². The molecule has 1 N–H and O–H groups in total. The molecule has 3 aromatic heterocycles. The number of hydrogen-bond acceptors (Lipinski definition) is 6. The van der Waals surface area contributed by atoms with E-state index < -0.39 is 6.04 Å². The van der Waals surface area contributed by atoms with E-state index in [1.54, 1.807) is 40.3 Å². The summed E-state index contributed by atoms with van der Waals surface area (Å²) in [7, 11) is 3.21. The zero-order chi connectivity index (χ0) is 18.1. The van der Waals surface area contributed by atoms with Gasteiger partial charge >= 0.3 is 5.69 Å². The molecule has 9 heteroatoms. The molecule has 0 aromatic carbocycles. The van der Waals surface area contributed by atoms with Gasteiger partial charge in [-0.15, -0.1) is 11.3 Å². The first-order valence-electron chi connectivity index (χ1n) is 7.67. The highest BCUT2D eigenvalue weighted by Gasteiger charge is 2.21. The van der Waals surface area contributed by atoms with Crippen molar-refractivity contribution in [1.29, 1.82) is 0 Å². The number of amides is 1. The third-order valence-electron chi connectivity index (χ3n) is 3.81. The average molecular weight is 358 g/mol. The van der Waals surface area contributed by atoms with Gasteiger partial charge in [-0.25, -0.2) is 14.5 Å². The van der Waals surface area contributed by atoms with Gasteiger partial charge in [0.2, 0.25) is 0 Å². The minimum Gasteiger partial charge on any atom is -0.342 e. The van der Waals surface area contributed by atoms with Crippen LogP contribution in [0.25, 0.3) is 10.6 Å². The molecule has 0 bridgehead atoms. The van der Waals surface area contributed by atoms with E-state index in [9.17, 15) is 9.59 Å². The summed E-state index contributed by atoms with van der Waals surface area (Å²) < 4.78 is 2.67. The van der Waals surface area contributed by atoms with Gasteiger partial charge in [0, 0.05) is 32.1 Å². The average Bonchev–Trinajstić information content (AvgIpc) is 3.11. The van der Waals surface area contributed by atoms with Gasteiger partial charge in [0.05, 0.1) is 11.7 Å². The van der Waals surface area contributed by atoms with E-state index in [4.69, 9.17) is 0 Å². The molecule has 1 unspecified atom stereocenters. The molecule has 3 heterocycles. The van der Waals surface area contributed by atoms with Crippen molar-refractivity contribution >= 4 is 17.2 Å². The highest BCUT2D eigenvalue weighted by atomic mass is 32.1. The first-order chi connectivity index (χ1) is 11.9. The summed E-state index contributed by atoms with van der Waals surface area (Å²) in [6, 6.07) is 3.32. The van der Waals surface area contributed by atoms with Crippen molar-refractivity contribution in [1.82, 2.24) is 29.6 Å². The smallest absolute Gasteiger partial charge is 0.342 e. The second-order valence-corrected chi connectivity index (χ2v) is 6.69. The number of nitrogens with zero attached hydrogens (tertiary/aromatic N) is 5.